The molecule has 0 spiro atoms. The first-order valence-electron chi connectivity index (χ1n) is 6.39. The fraction of sp³-hybridized carbons (Fsp3) is 0.923. The summed E-state index contributed by atoms with van der Waals surface area (Å²) in [5, 5.41) is 3.07. The Morgan fingerprint density at radius 3 is 2.05 bits per heavy atom. The van der Waals surface area contributed by atoms with Crippen LogP contribution < -0.4 is 11.1 Å². The van der Waals surface area contributed by atoms with Crippen molar-refractivity contribution < 1.29 is 4.79 Å². The third-order valence-electron chi connectivity index (χ3n) is 3.00. The Hall–Kier alpha value is -0.0300. The zero-order chi connectivity index (χ0) is 13.6. The quantitative estimate of drug-likeness (QED) is 0.788. The maximum Gasteiger partial charge on any atom is 0.237 e. The van der Waals surface area contributed by atoms with Gasteiger partial charge in [0.2, 0.25) is 5.91 Å². The molecule has 118 valence electrons. The summed E-state index contributed by atoms with van der Waals surface area (Å²) >= 11 is 0. The van der Waals surface area contributed by atoms with Gasteiger partial charge in [0.25, 0.3) is 0 Å². The smallest absolute Gasteiger partial charge is 0.237 e. The molecule has 0 aromatic heterocycles. The van der Waals surface area contributed by atoms with Gasteiger partial charge in [-0.15, -0.1) is 24.8 Å². The molecule has 3 N–H and O–H groups in total. The van der Waals surface area contributed by atoms with Gasteiger partial charge in [0, 0.05) is 6.04 Å². The van der Waals surface area contributed by atoms with Gasteiger partial charge in [-0.25, -0.2) is 0 Å². The van der Waals surface area contributed by atoms with Crippen molar-refractivity contribution in [2.24, 2.45) is 11.1 Å². The molecule has 0 saturated heterocycles. The minimum atomic E-state index is -0.390. The first-order valence-corrected chi connectivity index (χ1v) is 6.39. The maximum absolute atomic E-state index is 11.8. The summed E-state index contributed by atoms with van der Waals surface area (Å²) < 4.78 is 0. The summed E-state index contributed by atoms with van der Waals surface area (Å²) in [6.45, 7) is 9.32. The highest BCUT2D eigenvalue weighted by Crippen LogP contribution is 2.22. The SMILES string of the molecule is CC[C@H](N)C(=O)NC(CCN(C)C)C(C)(C)C.Cl.Cl. The Bertz CT molecular complexity index is 243. The second-order valence-electron chi connectivity index (χ2n) is 6.03. The first-order chi connectivity index (χ1) is 7.68. The van der Waals surface area contributed by atoms with Crippen LogP contribution in [0.25, 0.3) is 0 Å². The Labute approximate surface area is 130 Å². The molecule has 4 nitrogen and oxygen atoms in total. The van der Waals surface area contributed by atoms with Crippen molar-refractivity contribution in [1.29, 1.82) is 0 Å². The van der Waals surface area contributed by atoms with Gasteiger partial charge in [0.15, 0.2) is 0 Å². The number of nitrogens with one attached hydrogen (secondary N) is 1. The summed E-state index contributed by atoms with van der Waals surface area (Å²) in [7, 11) is 4.08. The zero-order valence-electron chi connectivity index (χ0n) is 13.0. The lowest BCUT2D eigenvalue weighted by molar-refractivity contribution is -0.124. The van der Waals surface area contributed by atoms with E-state index >= 15 is 0 Å². The van der Waals surface area contributed by atoms with Crippen molar-refractivity contribution in [2.45, 2.75) is 52.6 Å². The van der Waals surface area contributed by atoms with Crippen LogP contribution in [0.3, 0.4) is 0 Å². The van der Waals surface area contributed by atoms with Crippen LogP contribution in [-0.4, -0.2) is 43.5 Å². The van der Waals surface area contributed by atoms with E-state index in [9.17, 15) is 4.79 Å². The Morgan fingerprint density at radius 2 is 1.74 bits per heavy atom. The van der Waals surface area contributed by atoms with E-state index in [2.05, 4.69) is 31.0 Å². The zero-order valence-corrected chi connectivity index (χ0v) is 14.7. The fourth-order valence-electron chi connectivity index (χ4n) is 1.57. The number of nitrogens with two attached hydrogens (primary N) is 1. The summed E-state index contributed by atoms with van der Waals surface area (Å²) in [6.07, 6.45) is 1.62. The van der Waals surface area contributed by atoms with Crippen molar-refractivity contribution in [2.75, 3.05) is 20.6 Å². The number of carbonyl (C=O) groups is 1. The van der Waals surface area contributed by atoms with Crippen LogP contribution in [0.1, 0.15) is 40.5 Å². The third kappa shape index (κ3) is 10.4. The first kappa shape index (κ1) is 24.0. The number of nitrogens with zero attached hydrogens (tertiary/aromatic N) is 1. The van der Waals surface area contributed by atoms with Crippen LogP contribution in [-0.2, 0) is 4.79 Å². The maximum atomic E-state index is 11.8. The number of hydrogen-bond acceptors (Lipinski definition) is 3. The highest BCUT2D eigenvalue weighted by atomic mass is 35.5. The van der Waals surface area contributed by atoms with Crippen molar-refractivity contribution in [1.82, 2.24) is 10.2 Å². The van der Waals surface area contributed by atoms with E-state index in [0.29, 0.717) is 6.42 Å². The van der Waals surface area contributed by atoms with Crippen LogP contribution in [0.4, 0.5) is 0 Å². The summed E-state index contributed by atoms with van der Waals surface area (Å²) in [5.41, 5.74) is 5.80. The molecule has 2 atom stereocenters. The largest absolute Gasteiger partial charge is 0.351 e. The molecule has 19 heavy (non-hydrogen) atoms. The van der Waals surface area contributed by atoms with Gasteiger partial charge in [0.05, 0.1) is 6.04 Å². The Balaban J connectivity index is -0.00000128. The second kappa shape index (κ2) is 10.7. The number of amides is 1. The normalized spacial score (nSPS) is 14.1. The Kier molecular flexibility index (Phi) is 13.6. The average Bonchev–Trinajstić information content (AvgIpc) is 2.20. The predicted molar refractivity (Wildman–Crippen MR) is 87.3 cm³/mol. The molecule has 0 rings (SSSR count). The van der Waals surface area contributed by atoms with E-state index in [-0.39, 0.29) is 48.2 Å². The minimum Gasteiger partial charge on any atom is -0.351 e. The van der Waals surface area contributed by atoms with Gasteiger partial charge in [0.1, 0.15) is 0 Å². The molecule has 0 aliphatic carbocycles. The van der Waals surface area contributed by atoms with Crippen molar-refractivity contribution in [3.63, 3.8) is 0 Å². The second-order valence-corrected chi connectivity index (χ2v) is 6.03. The van der Waals surface area contributed by atoms with E-state index in [0.717, 1.165) is 13.0 Å². The van der Waals surface area contributed by atoms with Gasteiger partial charge in [-0.2, -0.15) is 0 Å². The van der Waals surface area contributed by atoms with E-state index in [1.807, 2.05) is 21.0 Å². The number of hydrogen-bond donors (Lipinski definition) is 2. The minimum absolute atomic E-state index is 0. The topological polar surface area (TPSA) is 58.4 Å². The van der Waals surface area contributed by atoms with Gasteiger partial charge < -0.3 is 16.0 Å². The van der Waals surface area contributed by atoms with Crippen LogP contribution in [0.15, 0.2) is 0 Å². The number of rotatable bonds is 6. The molecular weight excluding hydrogens is 285 g/mol. The molecule has 0 aromatic carbocycles. The molecule has 0 heterocycles. The molecule has 0 radical (unpaired) electrons. The number of halogens is 2. The fourth-order valence-corrected chi connectivity index (χ4v) is 1.57. The summed E-state index contributed by atoms with van der Waals surface area (Å²) in [6, 6.07) is -0.228. The predicted octanol–water partition coefficient (Wildman–Crippen LogP) is 2.05. The third-order valence-corrected chi connectivity index (χ3v) is 3.00. The Morgan fingerprint density at radius 1 is 1.26 bits per heavy atom. The summed E-state index contributed by atoms with van der Waals surface area (Å²) in [5.74, 6) is -0.0359. The highest BCUT2D eigenvalue weighted by Gasteiger charge is 2.27. The lowest BCUT2D eigenvalue weighted by Gasteiger charge is -2.33. The van der Waals surface area contributed by atoms with Crippen LogP contribution in [0.2, 0.25) is 0 Å². The van der Waals surface area contributed by atoms with Crippen molar-refractivity contribution in [3.8, 4) is 0 Å². The van der Waals surface area contributed by atoms with Gasteiger partial charge in [-0.05, 0) is 38.9 Å². The highest BCUT2D eigenvalue weighted by molar-refractivity contribution is 5.85. The number of carbonyl (C=O) groups excluding carboxylic acids is 1. The van der Waals surface area contributed by atoms with Gasteiger partial charge in [-0.1, -0.05) is 27.7 Å². The van der Waals surface area contributed by atoms with E-state index in [4.69, 9.17) is 5.73 Å². The van der Waals surface area contributed by atoms with Crippen molar-refractivity contribution >= 4 is 30.7 Å². The lowest BCUT2D eigenvalue weighted by atomic mass is 9.84. The van der Waals surface area contributed by atoms with Crippen LogP contribution >= 0.6 is 24.8 Å². The standard InChI is InChI=1S/C13H29N3O.2ClH/c1-7-10(14)12(17)15-11(13(2,3)4)8-9-16(5)6;;/h10-11H,7-9,14H2,1-6H3,(H,15,17);2*1H/t10-,11?;;/m0../s1. The molecular formula is C13H31Cl2N3O. The van der Waals surface area contributed by atoms with Gasteiger partial charge >= 0.3 is 0 Å². The lowest BCUT2D eigenvalue weighted by Crippen LogP contribution is -2.50. The van der Waals surface area contributed by atoms with Gasteiger partial charge in [-0.3, -0.25) is 4.79 Å². The molecule has 0 fully saturated rings. The molecule has 0 saturated carbocycles. The van der Waals surface area contributed by atoms with Crippen molar-refractivity contribution in [3.05, 3.63) is 0 Å². The van der Waals surface area contributed by atoms with E-state index < -0.39 is 0 Å². The average molecular weight is 316 g/mol. The van der Waals surface area contributed by atoms with E-state index in [1.165, 1.54) is 0 Å². The summed E-state index contributed by atoms with van der Waals surface area (Å²) in [4.78, 5) is 14.0. The molecule has 1 unspecified atom stereocenters. The molecule has 0 aliphatic heterocycles. The van der Waals surface area contributed by atoms with E-state index in [1.54, 1.807) is 0 Å². The molecule has 0 aromatic rings. The van der Waals surface area contributed by atoms with Crippen LogP contribution in [0.5, 0.6) is 0 Å². The molecule has 1 amide bonds. The monoisotopic (exact) mass is 315 g/mol. The molecule has 0 bridgehead atoms. The molecule has 0 aliphatic rings. The molecule has 6 heteroatoms. The van der Waals surface area contributed by atoms with Crippen LogP contribution in [0, 0.1) is 5.41 Å².